The van der Waals surface area contributed by atoms with Crippen LogP contribution in [0.25, 0.3) is 0 Å². The Hall–Kier alpha value is -0.570. The van der Waals surface area contributed by atoms with Gasteiger partial charge in [0.1, 0.15) is 18.5 Å². The number of alkyl halides is 3. The lowest BCUT2D eigenvalue weighted by molar-refractivity contribution is 0.0348. The molecule has 0 bridgehead atoms. The van der Waals surface area contributed by atoms with E-state index in [9.17, 15) is 13.2 Å². The van der Waals surface area contributed by atoms with Crippen molar-refractivity contribution in [3.05, 3.63) is 0 Å². The Balaban J connectivity index is -0.000000934. The van der Waals surface area contributed by atoms with Gasteiger partial charge in [-0.15, -0.1) is 0 Å². The molecule has 0 aliphatic heterocycles. The van der Waals surface area contributed by atoms with E-state index >= 15 is 0 Å². The summed E-state index contributed by atoms with van der Waals surface area (Å²) in [6, 6.07) is 0. The molecular formula is C60H123F3O9. The highest BCUT2D eigenvalue weighted by molar-refractivity contribution is 4.93. The minimum atomic E-state index is -0.485. The summed E-state index contributed by atoms with van der Waals surface area (Å²) in [5, 5.41) is 0. The molecule has 0 radical (unpaired) electrons. The second-order valence-electron chi connectivity index (χ2n) is 26.4. The van der Waals surface area contributed by atoms with Crippen molar-refractivity contribution in [1.82, 2.24) is 0 Å². The zero-order valence-corrected chi connectivity index (χ0v) is 47.1. The maximum Gasteiger partial charge on any atom is 0.103 e. The van der Waals surface area contributed by atoms with E-state index < -0.39 is 18.5 Å². The molecule has 18 N–H and O–H groups in total. The van der Waals surface area contributed by atoms with Gasteiger partial charge in [-0.25, -0.2) is 13.2 Å². The zero-order valence-electron chi connectivity index (χ0n) is 47.1. The van der Waals surface area contributed by atoms with Crippen LogP contribution >= 0.6 is 0 Å². The van der Waals surface area contributed by atoms with Gasteiger partial charge in [0, 0.05) is 0 Å². The molecule has 438 valence electrons. The van der Waals surface area contributed by atoms with Crippen LogP contribution in [0.5, 0.6) is 0 Å². The van der Waals surface area contributed by atoms with Crippen LogP contribution in [0.15, 0.2) is 0 Å². The first-order chi connectivity index (χ1) is 30.4. The minimum absolute atomic E-state index is 0. The normalized spacial score (nSPS) is 42.9. The van der Waals surface area contributed by atoms with Crippen LogP contribution in [0, 0.1) is 107 Å². The highest BCUT2D eigenvalue weighted by Crippen LogP contribution is 2.50. The van der Waals surface area contributed by atoms with Gasteiger partial charge in [-0.05, 0) is 241 Å². The third-order valence-electron chi connectivity index (χ3n) is 21.8. The predicted molar refractivity (Wildman–Crippen MR) is 296 cm³/mol. The van der Waals surface area contributed by atoms with Crippen LogP contribution in [0.4, 0.5) is 13.2 Å². The summed E-state index contributed by atoms with van der Waals surface area (Å²) in [6.07, 6.45) is 41.3. The number of rotatable bonds is 6. The Bertz CT molecular complexity index is 1120. The first-order valence-electron chi connectivity index (χ1n) is 29.3. The Morgan fingerprint density at radius 1 is 0.181 bits per heavy atom. The van der Waals surface area contributed by atoms with Crippen molar-refractivity contribution in [3.8, 4) is 0 Å². The summed E-state index contributed by atoms with van der Waals surface area (Å²) in [7, 11) is 0. The number of halogens is 3. The summed E-state index contributed by atoms with van der Waals surface area (Å²) >= 11 is 0. The van der Waals surface area contributed by atoms with Crippen LogP contribution in [0.2, 0.25) is 0 Å². The van der Waals surface area contributed by atoms with E-state index in [2.05, 4.69) is 41.5 Å². The fourth-order valence-corrected chi connectivity index (χ4v) is 16.8. The van der Waals surface area contributed by atoms with Gasteiger partial charge in [-0.3, -0.25) is 0 Å². The third kappa shape index (κ3) is 21.7. The van der Waals surface area contributed by atoms with Crippen molar-refractivity contribution in [2.75, 3.05) is 0 Å². The molecule has 12 heteroatoms. The molecular weight excluding hydrogens is 922 g/mol. The van der Waals surface area contributed by atoms with Gasteiger partial charge in [0.15, 0.2) is 0 Å². The molecule has 9 atom stereocenters. The Morgan fingerprint density at radius 3 is 0.472 bits per heavy atom. The first kappa shape index (κ1) is 75.7. The monoisotopic (exact) mass is 1040 g/mol. The van der Waals surface area contributed by atoms with Gasteiger partial charge in [0.2, 0.25) is 0 Å². The molecule has 9 unspecified atom stereocenters. The minimum Gasteiger partial charge on any atom is -0.412 e. The van der Waals surface area contributed by atoms with Crippen molar-refractivity contribution >= 4 is 0 Å². The average molecular weight is 1050 g/mol. The van der Waals surface area contributed by atoms with Crippen molar-refractivity contribution in [2.45, 2.75) is 272 Å². The van der Waals surface area contributed by atoms with Crippen molar-refractivity contribution < 1.29 is 62.5 Å². The molecule has 0 heterocycles. The average Bonchev–Trinajstić information content (AvgIpc) is 3.29. The molecule has 9 nitrogen and oxygen atoms in total. The topological polar surface area (TPSA) is 284 Å². The second-order valence-corrected chi connectivity index (χ2v) is 26.4. The highest BCUT2D eigenvalue weighted by Gasteiger charge is 2.42. The Labute approximate surface area is 439 Å². The van der Waals surface area contributed by atoms with E-state index in [1.165, 1.54) is 193 Å². The van der Waals surface area contributed by atoms with Gasteiger partial charge in [-0.1, -0.05) is 119 Å². The van der Waals surface area contributed by atoms with Crippen LogP contribution in [-0.4, -0.2) is 67.8 Å². The molecule has 0 aromatic heterocycles. The fourth-order valence-electron chi connectivity index (χ4n) is 16.8. The second kappa shape index (κ2) is 37.3. The molecule has 9 fully saturated rings. The van der Waals surface area contributed by atoms with Crippen LogP contribution in [0.1, 0.15) is 253 Å². The molecule has 72 heavy (non-hydrogen) atoms. The van der Waals surface area contributed by atoms with Crippen molar-refractivity contribution in [3.63, 3.8) is 0 Å². The zero-order chi connectivity index (χ0) is 44.5. The van der Waals surface area contributed by atoms with Gasteiger partial charge in [0.05, 0.1) is 0 Å². The molecule has 9 saturated carbocycles. The van der Waals surface area contributed by atoms with Gasteiger partial charge in [0.25, 0.3) is 0 Å². The van der Waals surface area contributed by atoms with E-state index in [-0.39, 0.29) is 49.3 Å². The summed E-state index contributed by atoms with van der Waals surface area (Å²) in [6.45, 7) is 14.2. The molecule has 9 aliphatic rings. The predicted octanol–water partition coefficient (Wildman–Crippen LogP) is 11.8. The molecule has 9 rings (SSSR count). The Morgan fingerprint density at radius 2 is 0.319 bits per heavy atom. The summed E-state index contributed by atoms with van der Waals surface area (Å²) in [4.78, 5) is 0. The maximum absolute atomic E-state index is 14.8. The molecule has 0 aromatic rings. The van der Waals surface area contributed by atoms with Crippen LogP contribution in [-0.2, 0) is 0 Å². The molecule has 0 saturated heterocycles. The van der Waals surface area contributed by atoms with E-state index in [1.807, 2.05) is 0 Å². The first-order valence-corrected chi connectivity index (χ1v) is 29.3. The summed E-state index contributed by atoms with van der Waals surface area (Å²) in [5.41, 5.74) is 0. The van der Waals surface area contributed by atoms with Crippen LogP contribution in [0.3, 0.4) is 0 Å². The van der Waals surface area contributed by atoms with Gasteiger partial charge in [-0.2, -0.15) is 0 Å². The van der Waals surface area contributed by atoms with Crippen molar-refractivity contribution in [1.29, 1.82) is 0 Å². The largest absolute Gasteiger partial charge is 0.412 e. The Kier molecular flexibility index (Phi) is 39.2. The summed E-state index contributed by atoms with van der Waals surface area (Å²) < 4.78 is 44.4. The quantitative estimate of drug-likeness (QED) is 0.240. The van der Waals surface area contributed by atoms with Gasteiger partial charge < -0.3 is 49.3 Å². The van der Waals surface area contributed by atoms with Crippen molar-refractivity contribution in [2.24, 2.45) is 107 Å². The molecule has 0 amide bonds. The van der Waals surface area contributed by atoms with E-state index in [1.54, 1.807) is 0 Å². The van der Waals surface area contributed by atoms with Gasteiger partial charge >= 0.3 is 0 Å². The lowest BCUT2D eigenvalue weighted by Crippen LogP contribution is -2.36. The smallest absolute Gasteiger partial charge is 0.103 e. The van der Waals surface area contributed by atoms with E-state index in [0.29, 0.717) is 53.3 Å². The van der Waals surface area contributed by atoms with E-state index in [4.69, 9.17) is 0 Å². The lowest BCUT2D eigenvalue weighted by atomic mass is 9.64. The maximum atomic E-state index is 14.8. The SMILES string of the molecule is CC1CCC(C2CCC(C3CCC(C)CC3)C(F)C2)CC1.CC1CCC(C2CCC(C3CCC(C)CC3)C(F)C2)CC1.CC1CCC(C2CCC(C3CCC(C)CC3)C(F)C2)CC1.O.O.O.O.O.O.O.O.O. The van der Waals surface area contributed by atoms with E-state index in [0.717, 1.165) is 72.5 Å². The molecule has 0 aromatic carbocycles. The third-order valence-corrected chi connectivity index (χ3v) is 21.8. The number of hydrogen-bond acceptors (Lipinski definition) is 0. The highest BCUT2D eigenvalue weighted by atomic mass is 19.1. The molecule has 0 spiro atoms. The lowest BCUT2D eigenvalue weighted by Gasteiger charge is -2.42. The standard InChI is InChI=1S/3C20H35F.9H2O/c3*1-14-3-7-16(8-4-14)18-11-12-19(20(21)13-18)17-9-5-15(2)6-10-17;;;;;;;;;/h3*14-20H,3-13H2,1-2H3;9*1H2. The van der Waals surface area contributed by atoms with Crippen LogP contribution < -0.4 is 0 Å². The number of hydrogen-bond donors (Lipinski definition) is 0. The fraction of sp³-hybridized carbons (Fsp3) is 1.00. The molecule has 9 aliphatic carbocycles. The summed E-state index contributed by atoms with van der Waals surface area (Å²) in [5.74, 6) is 13.5.